The number of methoxy groups -OCH3 is 1. The van der Waals surface area contributed by atoms with E-state index in [1.165, 1.54) is 13.8 Å². The summed E-state index contributed by atoms with van der Waals surface area (Å²) in [5.74, 6) is -0.0447. The van der Waals surface area contributed by atoms with Gasteiger partial charge in [-0.25, -0.2) is 4.79 Å². The van der Waals surface area contributed by atoms with E-state index in [4.69, 9.17) is 21.1 Å². The molecule has 0 saturated carbocycles. The Bertz CT molecular complexity index is 1420. The van der Waals surface area contributed by atoms with E-state index in [1.807, 2.05) is 43.3 Å². The fourth-order valence-electron chi connectivity index (χ4n) is 4.06. The molecular weight excluding hydrogens is 466 g/mol. The van der Waals surface area contributed by atoms with E-state index < -0.39 is 11.6 Å². The highest BCUT2D eigenvalue weighted by molar-refractivity contribution is 6.30. The molecule has 0 unspecified atom stereocenters. The van der Waals surface area contributed by atoms with E-state index in [-0.39, 0.29) is 5.91 Å². The second-order valence-electron chi connectivity index (χ2n) is 8.84. The van der Waals surface area contributed by atoms with Gasteiger partial charge in [0.25, 0.3) is 5.91 Å². The standard InChI is InChI=1S/C28H26ClNO5/c1-17-23(15-18-6-5-7-22(14-18)35-28(2,3)27(32)33)24-16-21(34-4)12-13-25(24)30(17)26(31)19-8-10-20(29)11-9-19/h5-14,16H,15H2,1-4H3,(H,32,33). The average Bonchev–Trinajstić information content (AvgIpc) is 3.09. The second kappa shape index (κ2) is 9.47. The molecule has 0 aliphatic rings. The Hall–Kier alpha value is -3.77. The third-order valence-electron chi connectivity index (χ3n) is 6.00. The van der Waals surface area contributed by atoms with Crippen molar-refractivity contribution in [3.8, 4) is 11.5 Å². The predicted molar refractivity (Wildman–Crippen MR) is 136 cm³/mol. The largest absolute Gasteiger partial charge is 0.497 e. The Morgan fingerprint density at radius 2 is 1.71 bits per heavy atom. The first-order valence-corrected chi connectivity index (χ1v) is 11.5. The number of ether oxygens (including phenoxy) is 2. The van der Waals surface area contributed by atoms with E-state index in [2.05, 4.69) is 0 Å². The van der Waals surface area contributed by atoms with Gasteiger partial charge in [0, 0.05) is 21.7 Å². The number of benzene rings is 3. The summed E-state index contributed by atoms with van der Waals surface area (Å²) in [6.07, 6.45) is 0.515. The van der Waals surface area contributed by atoms with Crippen molar-refractivity contribution in [1.29, 1.82) is 0 Å². The van der Waals surface area contributed by atoms with Crippen molar-refractivity contribution >= 4 is 34.4 Å². The smallest absolute Gasteiger partial charge is 0.347 e. The highest BCUT2D eigenvalue weighted by Gasteiger charge is 2.29. The number of nitrogens with zero attached hydrogens (tertiary/aromatic N) is 1. The quantitative estimate of drug-likeness (QED) is 0.336. The van der Waals surface area contributed by atoms with Gasteiger partial charge in [0.2, 0.25) is 0 Å². The summed E-state index contributed by atoms with van der Waals surface area (Å²) < 4.78 is 12.9. The number of hydrogen-bond donors (Lipinski definition) is 1. The molecule has 0 amide bonds. The topological polar surface area (TPSA) is 77.8 Å². The lowest BCUT2D eigenvalue weighted by atomic mass is 10.0. The zero-order valence-electron chi connectivity index (χ0n) is 20.0. The number of carbonyl (C=O) groups excluding carboxylic acids is 1. The van der Waals surface area contributed by atoms with Crippen molar-refractivity contribution in [2.24, 2.45) is 0 Å². The SMILES string of the molecule is COc1ccc2c(c1)c(Cc1cccc(OC(C)(C)C(=O)O)c1)c(C)n2C(=O)c1ccc(Cl)cc1. The molecule has 0 bridgehead atoms. The lowest BCUT2D eigenvalue weighted by molar-refractivity contribution is -0.152. The Labute approximate surface area is 208 Å². The van der Waals surface area contributed by atoms with E-state index in [9.17, 15) is 14.7 Å². The summed E-state index contributed by atoms with van der Waals surface area (Å²) in [6, 6.07) is 19.8. The predicted octanol–water partition coefficient (Wildman–Crippen LogP) is 6.13. The monoisotopic (exact) mass is 491 g/mol. The van der Waals surface area contributed by atoms with E-state index in [0.717, 1.165) is 27.7 Å². The number of carboxylic acids is 1. The zero-order valence-corrected chi connectivity index (χ0v) is 20.7. The van der Waals surface area contributed by atoms with Gasteiger partial charge < -0.3 is 14.6 Å². The number of fused-ring (bicyclic) bond motifs is 1. The number of aromatic nitrogens is 1. The average molecular weight is 492 g/mol. The minimum absolute atomic E-state index is 0.152. The Kier molecular flexibility index (Phi) is 6.59. The molecule has 0 atom stereocenters. The summed E-state index contributed by atoms with van der Waals surface area (Å²) in [6.45, 7) is 4.94. The van der Waals surface area contributed by atoms with Crippen LogP contribution in [0.3, 0.4) is 0 Å². The number of aliphatic carboxylic acids is 1. The third kappa shape index (κ3) is 4.88. The normalized spacial score (nSPS) is 11.5. The van der Waals surface area contributed by atoms with Crippen LogP contribution in [0, 0.1) is 6.92 Å². The molecule has 180 valence electrons. The minimum Gasteiger partial charge on any atom is -0.497 e. The van der Waals surface area contributed by atoms with Crippen molar-refractivity contribution in [3.05, 3.63) is 94.1 Å². The van der Waals surface area contributed by atoms with Crippen molar-refractivity contribution in [3.63, 3.8) is 0 Å². The van der Waals surface area contributed by atoms with Gasteiger partial charge in [-0.1, -0.05) is 23.7 Å². The molecule has 4 aromatic rings. The van der Waals surface area contributed by atoms with Gasteiger partial charge in [-0.2, -0.15) is 0 Å². The molecule has 7 heteroatoms. The highest BCUT2D eigenvalue weighted by Crippen LogP contribution is 2.33. The van der Waals surface area contributed by atoms with Gasteiger partial charge in [0.1, 0.15) is 11.5 Å². The minimum atomic E-state index is -1.36. The molecule has 0 fully saturated rings. The van der Waals surface area contributed by atoms with Crippen LogP contribution in [0.4, 0.5) is 0 Å². The second-order valence-corrected chi connectivity index (χ2v) is 9.27. The van der Waals surface area contributed by atoms with Crippen molar-refractivity contribution in [2.45, 2.75) is 32.8 Å². The van der Waals surface area contributed by atoms with Crippen LogP contribution in [0.15, 0.2) is 66.7 Å². The van der Waals surface area contributed by atoms with Crippen LogP contribution in [0.1, 0.15) is 41.0 Å². The van der Waals surface area contributed by atoms with Gasteiger partial charge in [-0.05, 0) is 92.9 Å². The van der Waals surface area contributed by atoms with Crippen LogP contribution >= 0.6 is 11.6 Å². The molecule has 0 aliphatic carbocycles. The number of hydrogen-bond acceptors (Lipinski definition) is 4. The Balaban J connectivity index is 1.79. The summed E-state index contributed by atoms with van der Waals surface area (Å²) in [4.78, 5) is 25.0. The molecular formula is C28H26ClNO5. The number of halogens is 1. The number of carboxylic acid groups (broad SMARTS) is 1. The molecule has 0 spiro atoms. The molecule has 1 N–H and O–H groups in total. The fraction of sp³-hybridized carbons (Fsp3) is 0.214. The van der Waals surface area contributed by atoms with Gasteiger partial charge in [0.05, 0.1) is 12.6 Å². The van der Waals surface area contributed by atoms with Gasteiger partial charge >= 0.3 is 5.97 Å². The Morgan fingerprint density at radius 3 is 2.37 bits per heavy atom. The molecule has 1 aromatic heterocycles. The summed E-state index contributed by atoms with van der Waals surface area (Å²) >= 11 is 6.01. The van der Waals surface area contributed by atoms with Gasteiger partial charge in [-0.15, -0.1) is 0 Å². The lowest BCUT2D eigenvalue weighted by Crippen LogP contribution is -2.37. The van der Waals surface area contributed by atoms with Crippen molar-refractivity contribution in [1.82, 2.24) is 4.57 Å². The maximum absolute atomic E-state index is 13.5. The Morgan fingerprint density at radius 1 is 1.00 bits per heavy atom. The maximum atomic E-state index is 13.5. The molecule has 1 heterocycles. The van der Waals surface area contributed by atoms with E-state index >= 15 is 0 Å². The van der Waals surface area contributed by atoms with E-state index in [1.54, 1.807) is 42.0 Å². The molecule has 4 rings (SSSR count). The van der Waals surface area contributed by atoms with Crippen LogP contribution in [0.2, 0.25) is 5.02 Å². The van der Waals surface area contributed by atoms with E-state index in [0.29, 0.717) is 28.5 Å². The van der Waals surface area contributed by atoms with Crippen LogP contribution in [0.5, 0.6) is 11.5 Å². The lowest BCUT2D eigenvalue weighted by Gasteiger charge is -2.21. The van der Waals surface area contributed by atoms with Crippen molar-refractivity contribution < 1.29 is 24.2 Å². The van der Waals surface area contributed by atoms with Crippen molar-refractivity contribution in [2.75, 3.05) is 7.11 Å². The third-order valence-corrected chi connectivity index (χ3v) is 6.26. The highest BCUT2D eigenvalue weighted by atomic mass is 35.5. The van der Waals surface area contributed by atoms with Gasteiger partial charge in [-0.3, -0.25) is 9.36 Å². The summed E-state index contributed by atoms with van der Waals surface area (Å²) in [5.41, 5.74) is 2.65. The summed E-state index contributed by atoms with van der Waals surface area (Å²) in [7, 11) is 1.61. The molecule has 35 heavy (non-hydrogen) atoms. The first kappa shape index (κ1) is 24.4. The molecule has 3 aromatic carbocycles. The van der Waals surface area contributed by atoms with Crippen LogP contribution in [-0.4, -0.2) is 34.3 Å². The maximum Gasteiger partial charge on any atom is 0.347 e. The first-order chi connectivity index (χ1) is 16.6. The van der Waals surface area contributed by atoms with Gasteiger partial charge in [0.15, 0.2) is 5.60 Å². The molecule has 6 nitrogen and oxygen atoms in total. The molecule has 0 aliphatic heterocycles. The molecule has 0 saturated heterocycles. The zero-order chi connectivity index (χ0) is 25.3. The molecule has 0 radical (unpaired) electrons. The summed E-state index contributed by atoms with van der Waals surface area (Å²) in [5, 5.41) is 10.9. The first-order valence-electron chi connectivity index (χ1n) is 11.1. The van der Waals surface area contributed by atoms with Crippen LogP contribution in [0.25, 0.3) is 10.9 Å². The van der Waals surface area contributed by atoms with Crippen LogP contribution in [-0.2, 0) is 11.2 Å². The number of carbonyl (C=O) groups is 2. The van der Waals surface area contributed by atoms with Crippen LogP contribution < -0.4 is 9.47 Å². The fourth-order valence-corrected chi connectivity index (χ4v) is 4.18. The number of rotatable bonds is 7.